The Labute approximate surface area is 144 Å². The molecule has 0 amide bonds. The largest absolute Gasteiger partial charge is 0.481 e. The summed E-state index contributed by atoms with van der Waals surface area (Å²) < 4.78 is 2.14. The van der Waals surface area contributed by atoms with Crippen molar-refractivity contribution >= 4 is 16.9 Å². The number of benzene rings is 1. The summed E-state index contributed by atoms with van der Waals surface area (Å²) in [6.45, 7) is 10.7. The molecule has 1 aliphatic heterocycles. The summed E-state index contributed by atoms with van der Waals surface area (Å²) in [5, 5.41) is 10.6. The molecule has 1 aliphatic rings. The van der Waals surface area contributed by atoms with Gasteiger partial charge >= 0.3 is 5.97 Å². The molecule has 4 nitrogen and oxygen atoms in total. The topological polar surface area (TPSA) is 45.5 Å². The van der Waals surface area contributed by atoms with Gasteiger partial charge < -0.3 is 9.67 Å². The first kappa shape index (κ1) is 17.0. The molecule has 1 aromatic heterocycles. The fraction of sp³-hybridized carbons (Fsp3) is 0.550. The van der Waals surface area contributed by atoms with Gasteiger partial charge in [-0.1, -0.05) is 6.92 Å². The van der Waals surface area contributed by atoms with Gasteiger partial charge in [-0.2, -0.15) is 0 Å². The zero-order valence-corrected chi connectivity index (χ0v) is 15.4. The molecule has 4 heteroatoms. The Hall–Kier alpha value is -1.81. The Kier molecular flexibility index (Phi) is 4.20. The second kappa shape index (κ2) is 5.92. The summed E-state index contributed by atoms with van der Waals surface area (Å²) in [4.78, 5) is 13.9. The number of carboxylic acids is 1. The zero-order valence-electron chi connectivity index (χ0n) is 15.4. The van der Waals surface area contributed by atoms with Gasteiger partial charge in [-0.15, -0.1) is 0 Å². The van der Waals surface area contributed by atoms with E-state index in [-0.39, 0.29) is 11.5 Å². The van der Waals surface area contributed by atoms with Crippen LogP contribution in [0.5, 0.6) is 0 Å². The van der Waals surface area contributed by atoms with E-state index in [4.69, 9.17) is 0 Å². The van der Waals surface area contributed by atoms with E-state index in [9.17, 15) is 9.90 Å². The van der Waals surface area contributed by atoms with E-state index in [1.165, 1.54) is 22.0 Å². The van der Waals surface area contributed by atoms with Crippen LogP contribution < -0.4 is 0 Å². The lowest BCUT2D eigenvalue weighted by molar-refractivity contribution is -0.141. The smallest absolute Gasteiger partial charge is 0.306 e. The second-order valence-electron chi connectivity index (χ2n) is 8.08. The number of fused-ring (bicyclic) bond motifs is 2. The number of aromatic nitrogens is 1. The van der Waals surface area contributed by atoms with E-state index in [1.807, 2.05) is 6.92 Å². The van der Waals surface area contributed by atoms with Crippen LogP contribution in [0, 0.1) is 5.92 Å². The average molecular weight is 328 g/mol. The standard InChI is InChI=1S/C20H28N2O2/c1-6-13(19(23)24)7-16-10-21(5)18-9-15-12-22(20(2,3)4)11-14(15)8-17(16)18/h8-10,13H,6-7,11-12H2,1-5H3,(H,23,24). The Morgan fingerprint density at radius 1 is 1.25 bits per heavy atom. The first-order valence-electron chi connectivity index (χ1n) is 8.78. The number of carboxylic acid groups (broad SMARTS) is 1. The van der Waals surface area contributed by atoms with Crippen LogP contribution in [0.4, 0.5) is 0 Å². The van der Waals surface area contributed by atoms with Crippen molar-refractivity contribution in [2.45, 2.75) is 59.2 Å². The maximum absolute atomic E-state index is 11.4. The highest BCUT2D eigenvalue weighted by Gasteiger charge is 2.29. The van der Waals surface area contributed by atoms with Gasteiger partial charge in [0.1, 0.15) is 0 Å². The molecule has 130 valence electrons. The minimum absolute atomic E-state index is 0.157. The van der Waals surface area contributed by atoms with Crippen molar-refractivity contribution in [3.05, 3.63) is 35.0 Å². The van der Waals surface area contributed by atoms with Crippen molar-refractivity contribution < 1.29 is 9.90 Å². The monoisotopic (exact) mass is 328 g/mol. The fourth-order valence-corrected chi connectivity index (χ4v) is 3.67. The molecule has 1 atom stereocenters. The van der Waals surface area contributed by atoms with Gasteiger partial charge in [-0.25, -0.2) is 0 Å². The number of rotatable bonds is 4. The first-order valence-corrected chi connectivity index (χ1v) is 8.78. The molecule has 0 spiro atoms. The van der Waals surface area contributed by atoms with Gasteiger partial charge in [-0.05, 0) is 62.4 Å². The van der Waals surface area contributed by atoms with Crippen LogP contribution in [0.1, 0.15) is 50.8 Å². The van der Waals surface area contributed by atoms with Crippen LogP contribution >= 0.6 is 0 Å². The lowest BCUT2D eigenvalue weighted by Crippen LogP contribution is -2.36. The minimum Gasteiger partial charge on any atom is -0.481 e. The van der Waals surface area contributed by atoms with Crippen molar-refractivity contribution in [1.29, 1.82) is 0 Å². The molecular formula is C20H28N2O2. The van der Waals surface area contributed by atoms with E-state index in [1.54, 1.807) is 0 Å². The molecule has 2 aromatic rings. The molecule has 0 bridgehead atoms. The van der Waals surface area contributed by atoms with E-state index in [0.29, 0.717) is 12.8 Å². The van der Waals surface area contributed by atoms with Crippen LogP contribution in [0.15, 0.2) is 18.3 Å². The zero-order chi connectivity index (χ0) is 17.6. The second-order valence-corrected chi connectivity index (χ2v) is 8.08. The molecule has 1 aromatic carbocycles. The number of aliphatic carboxylic acids is 1. The van der Waals surface area contributed by atoms with E-state index >= 15 is 0 Å². The Morgan fingerprint density at radius 3 is 2.42 bits per heavy atom. The van der Waals surface area contributed by atoms with E-state index in [0.717, 1.165) is 18.7 Å². The van der Waals surface area contributed by atoms with Crippen LogP contribution in [0.3, 0.4) is 0 Å². The molecule has 0 aliphatic carbocycles. The summed E-state index contributed by atoms with van der Waals surface area (Å²) in [5.41, 5.74) is 5.30. The number of hydrogen-bond donors (Lipinski definition) is 1. The highest BCUT2D eigenvalue weighted by molar-refractivity contribution is 5.86. The van der Waals surface area contributed by atoms with Crippen molar-refractivity contribution in [3.8, 4) is 0 Å². The van der Waals surface area contributed by atoms with Crippen molar-refractivity contribution in [1.82, 2.24) is 9.47 Å². The maximum Gasteiger partial charge on any atom is 0.306 e. The Morgan fingerprint density at radius 2 is 1.88 bits per heavy atom. The molecule has 24 heavy (non-hydrogen) atoms. The first-order chi connectivity index (χ1) is 11.2. The number of aryl methyl sites for hydroxylation is 1. The SMILES string of the molecule is CCC(Cc1cn(C)c2cc3c(cc12)CN(C(C)(C)C)C3)C(=O)O. The summed E-state index contributed by atoms with van der Waals surface area (Å²) in [7, 11) is 2.05. The molecule has 1 N–H and O–H groups in total. The highest BCUT2D eigenvalue weighted by atomic mass is 16.4. The molecule has 0 fully saturated rings. The van der Waals surface area contributed by atoms with Gasteiger partial charge in [-0.3, -0.25) is 9.69 Å². The van der Waals surface area contributed by atoms with Crippen molar-refractivity contribution in [3.63, 3.8) is 0 Å². The van der Waals surface area contributed by atoms with E-state index < -0.39 is 5.97 Å². The van der Waals surface area contributed by atoms with Crippen LogP contribution in [-0.2, 0) is 31.4 Å². The molecule has 1 unspecified atom stereocenters. The quantitative estimate of drug-likeness (QED) is 0.924. The molecular weight excluding hydrogens is 300 g/mol. The third kappa shape index (κ3) is 2.95. The number of hydrogen-bond acceptors (Lipinski definition) is 2. The van der Waals surface area contributed by atoms with Gasteiger partial charge in [0.25, 0.3) is 0 Å². The fourth-order valence-electron chi connectivity index (χ4n) is 3.67. The summed E-state index contributed by atoms with van der Waals surface area (Å²) in [5.74, 6) is -1.01. The summed E-state index contributed by atoms with van der Waals surface area (Å²) >= 11 is 0. The summed E-state index contributed by atoms with van der Waals surface area (Å²) in [6, 6.07) is 4.59. The molecule has 2 heterocycles. The summed E-state index contributed by atoms with van der Waals surface area (Å²) in [6.07, 6.45) is 3.37. The van der Waals surface area contributed by atoms with Crippen LogP contribution in [0.25, 0.3) is 10.9 Å². The van der Waals surface area contributed by atoms with Crippen molar-refractivity contribution in [2.24, 2.45) is 13.0 Å². The third-order valence-electron chi connectivity index (χ3n) is 5.37. The van der Waals surface area contributed by atoms with Gasteiger partial charge in [0.05, 0.1) is 5.92 Å². The number of nitrogens with zero attached hydrogens (tertiary/aromatic N) is 2. The lowest BCUT2D eigenvalue weighted by atomic mass is 9.95. The minimum atomic E-state index is -0.699. The Bertz CT molecular complexity index is 783. The van der Waals surface area contributed by atoms with Gasteiger partial charge in [0.15, 0.2) is 0 Å². The molecule has 0 saturated carbocycles. The Balaban J connectivity index is 1.99. The highest BCUT2D eigenvalue weighted by Crippen LogP contribution is 2.34. The van der Waals surface area contributed by atoms with Crippen molar-refractivity contribution in [2.75, 3.05) is 0 Å². The number of carbonyl (C=O) groups is 1. The molecule has 3 rings (SSSR count). The average Bonchev–Trinajstić information content (AvgIpc) is 3.04. The van der Waals surface area contributed by atoms with Crippen LogP contribution in [-0.4, -0.2) is 26.1 Å². The predicted molar refractivity (Wildman–Crippen MR) is 97.0 cm³/mol. The van der Waals surface area contributed by atoms with Gasteiger partial charge in [0.2, 0.25) is 0 Å². The van der Waals surface area contributed by atoms with Crippen LogP contribution in [0.2, 0.25) is 0 Å². The molecule has 0 radical (unpaired) electrons. The van der Waals surface area contributed by atoms with Gasteiger partial charge in [0, 0.05) is 42.8 Å². The normalized spacial score (nSPS) is 16.5. The third-order valence-corrected chi connectivity index (χ3v) is 5.37. The predicted octanol–water partition coefficient (Wildman–Crippen LogP) is 3.95. The lowest BCUT2D eigenvalue weighted by Gasteiger charge is -2.31. The molecule has 0 saturated heterocycles. The maximum atomic E-state index is 11.4. The van der Waals surface area contributed by atoms with E-state index in [2.05, 4.69) is 55.6 Å².